The molecule has 4 rings (SSSR count). The van der Waals surface area contributed by atoms with Crippen molar-refractivity contribution >= 4 is 11.8 Å². The maximum absolute atomic E-state index is 12.9. The number of aromatic nitrogens is 2. The van der Waals surface area contributed by atoms with Gasteiger partial charge in [-0.2, -0.15) is 0 Å². The first-order valence-electron chi connectivity index (χ1n) is 9.44. The van der Waals surface area contributed by atoms with E-state index in [1.54, 1.807) is 11.9 Å². The zero-order valence-electron chi connectivity index (χ0n) is 15.5. The number of likely N-dealkylation sites (tertiary alicyclic amines) is 1. The molecule has 1 aromatic carbocycles. The van der Waals surface area contributed by atoms with E-state index in [0.717, 1.165) is 13.0 Å². The summed E-state index contributed by atoms with van der Waals surface area (Å²) in [5.74, 6) is 0.00801. The first-order chi connectivity index (χ1) is 13.0. The fourth-order valence-corrected chi connectivity index (χ4v) is 4.12. The van der Waals surface area contributed by atoms with Gasteiger partial charge in [0, 0.05) is 45.2 Å². The smallest absolute Gasteiger partial charge is 0.272 e. The molecule has 2 aliphatic rings. The maximum atomic E-state index is 12.9. The third-order valence-electron chi connectivity index (χ3n) is 5.70. The lowest BCUT2D eigenvalue weighted by Gasteiger charge is -2.36. The molecular formula is C20H24N4O3. The summed E-state index contributed by atoms with van der Waals surface area (Å²) in [6.45, 7) is 2.53. The van der Waals surface area contributed by atoms with E-state index < -0.39 is 0 Å². The van der Waals surface area contributed by atoms with E-state index >= 15 is 0 Å². The molecule has 0 radical (unpaired) electrons. The van der Waals surface area contributed by atoms with Crippen LogP contribution in [0, 0.1) is 5.92 Å². The van der Waals surface area contributed by atoms with Gasteiger partial charge < -0.3 is 9.80 Å². The van der Waals surface area contributed by atoms with Crippen LogP contribution in [0.1, 0.15) is 34.5 Å². The van der Waals surface area contributed by atoms with E-state index in [0.29, 0.717) is 38.2 Å². The summed E-state index contributed by atoms with van der Waals surface area (Å²) in [5, 5.41) is 2.56. The molecule has 3 heterocycles. The Kier molecular flexibility index (Phi) is 4.59. The Morgan fingerprint density at radius 3 is 2.41 bits per heavy atom. The largest absolute Gasteiger partial charge is 0.338 e. The van der Waals surface area contributed by atoms with Crippen molar-refractivity contribution in [3.05, 3.63) is 57.5 Å². The SMILES string of the molecule is Cn1[nH]c(=O)cc1C(=O)N1CCC(C(=O)N2CCc3ccccc3C2)CC1. The van der Waals surface area contributed by atoms with Crippen LogP contribution < -0.4 is 5.56 Å². The quantitative estimate of drug-likeness (QED) is 0.864. The zero-order valence-corrected chi connectivity index (χ0v) is 15.5. The minimum atomic E-state index is -0.281. The van der Waals surface area contributed by atoms with Gasteiger partial charge in [-0.25, -0.2) is 0 Å². The van der Waals surface area contributed by atoms with Crippen molar-refractivity contribution < 1.29 is 9.59 Å². The van der Waals surface area contributed by atoms with E-state index in [2.05, 4.69) is 17.2 Å². The molecule has 0 bridgehead atoms. The molecule has 142 valence electrons. The van der Waals surface area contributed by atoms with Gasteiger partial charge in [0.15, 0.2) is 0 Å². The molecule has 1 fully saturated rings. The molecule has 7 nitrogen and oxygen atoms in total. The molecule has 0 saturated carbocycles. The third-order valence-corrected chi connectivity index (χ3v) is 5.70. The number of nitrogens with one attached hydrogen (secondary N) is 1. The average Bonchev–Trinajstić information content (AvgIpc) is 3.04. The Morgan fingerprint density at radius 1 is 1.04 bits per heavy atom. The highest BCUT2D eigenvalue weighted by Gasteiger charge is 2.32. The predicted octanol–water partition coefficient (Wildman–Crippen LogP) is 1.15. The van der Waals surface area contributed by atoms with Crippen LogP contribution in [0.3, 0.4) is 0 Å². The molecule has 0 spiro atoms. The molecule has 7 heteroatoms. The fourth-order valence-electron chi connectivity index (χ4n) is 4.12. The van der Waals surface area contributed by atoms with Crippen molar-refractivity contribution in [2.24, 2.45) is 13.0 Å². The van der Waals surface area contributed by atoms with Gasteiger partial charge in [-0.1, -0.05) is 24.3 Å². The average molecular weight is 368 g/mol. The second kappa shape index (κ2) is 7.06. The molecule has 1 saturated heterocycles. The van der Waals surface area contributed by atoms with Crippen LogP contribution in [-0.4, -0.2) is 51.0 Å². The number of H-pyrrole nitrogens is 1. The normalized spacial score (nSPS) is 17.7. The number of piperidine rings is 1. The number of aromatic amines is 1. The Morgan fingerprint density at radius 2 is 1.74 bits per heavy atom. The van der Waals surface area contributed by atoms with Crippen LogP contribution in [0.4, 0.5) is 0 Å². The second-order valence-electron chi connectivity index (χ2n) is 7.41. The highest BCUT2D eigenvalue weighted by molar-refractivity contribution is 5.92. The lowest BCUT2D eigenvalue weighted by molar-refractivity contribution is -0.137. The number of benzene rings is 1. The van der Waals surface area contributed by atoms with Gasteiger partial charge in [0.05, 0.1) is 0 Å². The number of rotatable bonds is 2. The number of carbonyl (C=O) groups excluding carboxylic acids is 2. The van der Waals surface area contributed by atoms with Crippen LogP contribution in [0.5, 0.6) is 0 Å². The number of fused-ring (bicyclic) bond motifs is 1. The van der Waals surface area contributed by atoms with Crippen molar-refractivity contribution in [2.75, 3.05) is 19.6 Å². The number of nitrogens with zero attached hydrogens (tertiary/aromatic N) is 3. The minimum absolute atomic E-state index is 0.0330. The number of hydrogen-bond acceptors (Lipinski definition) is 3. The highest BCUT2D eigenvalue weighted by Crippen LogP contribution is 2.25. The highest BCUT2D eigenvalue weighted by atomic mass is 16.2. The van der Waals surface area contributed by atoms with Crippen molar-refractivity contribution in [2.45, 2.75) is 25.8 Å². The summed E-state index contributed by atoms with van der Waals surface area (Å²) < 4.78 is 1.45. The van der Waals surface area contributed by atoms with Gasteiger partial charge in [-0.05, 0) is 30.4 Å². The molecule has 27 heavy (non-hydrogen) atoms. The van der Waals surface area contributed by atoms with Crippen molar-refractivity contribution in [1.29, 1.82) is 0 Å². The van der Waals surface area contributed by atoms with Crippen molar-refractivity contribution in [1.82, 2.24) is 19.6 Å². The van der Waals surface area contributed by atoms with Gasteiger partial charge >= 0.3 is 0 Å². The monoisotopic (exact) mass is 368 g/mol. The first-order valence-corrected chi connectivity index (χ1v) is 9.44. The summed E-state index contributed by atoms with van der Waals surface area (Å²) in [5.41, 5.74) is 2.64. The number of hydrogen-bond donors (Lipinski definition) is 1. The summed E-state index contributed by atoms with van der Waals surface area (Å²) in [6.07, 6.45) is 2.24. The summed E-state index contributed by atoms with van der Waals surface area (Å²) in [4.78, 5) is 40.6. The molecule has 0 aliphatic carbocycles. The Bertz CT molecular complexity index is 921. The van der Waals surface area contributed by atoms with Gasteiger partial charge in [-0.15, -0.1) is 0 Å². The Balaban J connectivity index is 1.37. The summed E-state index contributed by atoms with van der Waals surface area (Å²) in [6, 6.07) is 9.62. The Labute approximate surface area is 157 Å². The van der Waals surface area contributed by atoms with Crippen LogP contribution in [0.2, 0.25) is 0 Å². The molecule has 0 atom stereocenters. The number of amides is 2. The molecule has 2 aliphatic heterocycles. The predicted molar refractivity (Wildman–Crippen MR) is 100 cm³/mol. The fraction of sp³-hybridized carbons (Fsp3) is 0.450. The lowest BCUT2D eigenvalue weighted by atomic mass is 9.93. The van der Waals surface area contributed by atoms with Gasteiger partial charge in [-0.3, -0.25) is 24.2 Å². The second-order valence-corrected chi connectivity index (χ2v) is 7.41. The zero-order chi connectivity index (χ0) is 19.0. The molecule has 2 amide bonds. The van der Waals surface area contributed by atoms with Gasteiger partial charge in [0.25, 0.3) is 11.5 Å². The maximum Gasteiger partial charge on any atom is 0.272 e. The molecule has 1 aromatic heterocycles. The summed E-state index contributed by atoms with van der Waals surface area (Å²) in [7, 11) is 1.65. The molecule has 2 aromatic rings. The van der Waals surface area contributed by atoms with E-state index in [1.807, 2.05) is 17.0 Å². The van der Waals surface area contributed by atoms with E-state index in [-0.39, 0.29) is 23.3 Å². The molecular weight excluding hydrogens is 344 g/mol. The van der Waals surface area contributed by atoms with E-state index in [9.17, 15) is 14.4 Å². The molecule has 0 unspecified atom stereocenters. The number of carbonyl (C=O) groups is 2. The lowest BCUT2D eigenvalue weighted by Crippen LogP contribution is -2.45. The van der Waals surface area contributed by atoms with Gasteiger partial charge in [0.2, 0.25) is 5.91 Å². The van der Waals surface area contributed by atoms with Crippen LogP contribution >= 0.6 is 0 Å². The standard InChI is InChI=1S/C20H24N4O3/c1-22-17(12-18(25)21-22)20(27)23-9-7-15(8-10-23)19(26)24-11-6-14-4-2-3-5-16(14)13-24/h2-5,12,15H,6-11,13H2,1H3,(H,21,25). The van der Waals surface area contributed by atoms with Crippen molar-refractivity contribution in [3.63, 3.8) is 0 Å². The van der Waals surface area contributed by atoms with Crippen LogP contribution in [0.25, 0.3) is 0 Å². The van der Waals surface area contributed by atoms with Crippen LogP contribution in [0.15, 0.2) is 35.1 Å². The number of aryl methyl sites for hydroxylation is 1. The van der Waals surface area contributed by atoms with Crippen LogP contribution in [-0.2, 0) is 24.8 Å². The topological polar surface area (TPSA) is 78.4 Å². The third kappa shape index (κ3) is 3.41. The minimum Gasteiger partial charge on any atom is -0.338 e. The summed E-state index contributed by atoms with van der Waals surface area (Å²) >= 11 is 0. The van der Waals surface area contributed by atoms with Crippen molar-refractivity contribution in [3.8, 4) is 0 Å². The first kappa shape index (κ1) is 17.6. The van der Waals surface area contributed by atoms with E-state index in [1.165, 1.54) is 21.9 Å². The molecule has 1 N–H and O–H groups in total. The van der Waals surface area contributed by atoms with E-state index in [4.69, 9.17) is 0 Å². The van der Waals surface area contributed by atoms with Gasteiger partial charge in [0.1, 0.15) is 5.69 Å². The Hall–Kier alpha value is -2.83.